The van der Waals surface area contributed by atoms with Crippen molar-refractivity contribution in [2.75, 3.05) is 0 Å². The molecule has 2 nitrogen and oxygen atoms in total. The molecule has 14 heavy (non-hydrogen) atoms. The molecule has 4 atom stereocenters. The highest BCUT2D eigenvalue weighted by molar-refractivity contribution is 4.79. The highest BCUT2D eigenvalue weighted by Crippen LogP contribution is 2.22. The fraction of sp³-hybridized carbons (Fsp3) is 1.00. The molecule has 1 rings (SSSR count). The van der Waals surface area contributed by atoms with Crippen LogP contribution >= 0.6 is 0 Å². The lowest BCUT2D eigenvalue weighted by molar-refractivity contribution is 0.374. The Hall–Kier alpha value is -0.0800. The zero-order valence-corrected chi connectivity index (χ0v) is 9.92. The van der Waals surface area contributed by atoms with Crippen LogP contribution in [0.3, 0.4) is 0 Å². The van der Waals surface area contributed by atoms with Crippen molar-refractivity contribution in [3.8, 4) is 0 Å². The molecule has 0 spiro atoms. The lowest BCUT2D eigenvalue weighted by Gasteiger charge is -2.24. The van der Waals surface area contributed by atoms with Gasteiger partial charge in [-0.2, -0.15) is 0 Å². The number of rotatable bonds is 3. The normalized spacial score (nSPS) is 33.4. The van der Waals surface area contributed by atoms with Crippen molar-refractivity contribution in [3.05, 3.63) is 0 Å². The van der Waals surface area contributed by atoms with E-state index in [1.165, 1.54) is 32.1 Å². The Morgan fingerprint density at radius 3 is 2.50 bits per heavy atom. The minimum absolute atomic E-state index is 0.260. The Labute approximate surface area is 88.6 Å². The van der Waals surface area contributed by atoms with Gasteiger partial charge in [0.15, 0.2) is 0 Å². The van der Waals surface area contributed by atoms with E-state index in [2.05, 4.69) is 26.1 Å². The van der Waals surface area contributed by atoms with Crippen LogP contribution in [0.4, 0.5) is 0 Å². The van der Waals surface area contributed by atoms with E-state index in [4.69, 9.17) is 5.73 Å². The van der Waals surface area contributed by atoms with Crippen LogP contribution in [-0.4, -0.2) is 18.1 Å². The van der Waals surface area contributed by atoms with Gasteiger partial charge in [0.25, 0.3) is 0 Å². The first kappa shape index (κ1) is 12.0. The SMILES string of the molecule is CC1CCCC(NC(C)C(C)N)CC1. The third-order valence-electron chi connectivity index (χ3n) is 3.54. The molecule has 3 N–H and O–H groups in total. The van der Waals surface area contributed by atoms with Crippen molar-refractivity contribution in [1.82, 2.24) is 5.32 Å². The van der Waals surface area contributed by atoms with Crippen molar-refractivity contribution >= 4 is 0 Å². The van der Waals surface area contributed by atoms with Crippen LogP contribution in [0.2, 0.25) is 0 Å². The van der Waals surface area contributed by atoms with E-state index in [0.717, 1.165) is 5.92 Å². The highest BCUT2D eigenvalue weighted by Gasteiger charge is 2.18. The maximum absolute atomic E-state index is 5.86. The van der Waals surface area contributed by atoms with Gasteiger partial charge in [-0.05, 0) is 39.0 Å². The van der Waals surface area contributed by atoms with Crippen molar-refractivity contribution < 1.29 is 0 Å². The predicted octanol–water partition coefficient (Wildman–Crippen LogP) is 2.28. The van der Waals surface area contributed by atoms with E-state index < -0.39 is 0 Å². The second kappa shape index (κ2) is 5.72. The van der Waals surface area contributed by atoms with Gasteiger partial charge < -0.3 is 11.1 Å². The average molecular weight is 198 g/mol. The van der Waals surface area contributed by atoms with Gasteiger partial charge in [0.05, 0.1) is 0 Å². The van der Waals surface area contributed by atoms with Crippen molar-refractivity contribution in [1.29, 1.82) is 0 Å². The lowest BCUT2D eigenvalue weighted by Crippen LogP contribution is -2.45. The maximum Gasteiger partial charge on any atom is 0.0190 e. The second-order valence-corrected chi connectivity index (χ2v) is 5.12. The van der Waals surface area contributed by atoms with Crippen LogP contribution in [0.15, 0.2) is 0 Å². The Morgan fingerprint density at radius 1 is 1.14 bits per heavy atom. The van der Waals surface area contributed by atoms with Gasteiger partial charge in [-0.15, -0.1) is 0 Å². The molecule has 1 aliphatic carbocycles. The molecule has 1 saturated carbocycles. The fourth-order valence-electron chi connectivity index (χ4n) is 2.18. The first-order valence-corrected chi connectivity index (χ1v) is 6.11. The van der Waals surface area contributed by atoms with Gasteiger partial charge >= 0.3 is 0 Å². The van der Waals surface area contributed by atoms with Gasteiger partial charge in [-0.1, -0.05) is 19.8 Å². The monoisotopic (exact) mass is 198 g/mol. The molecular weight excluding hydrogens is 172 g/mol. The van der Waals surface area contributed by atoms with Crippen LogP contribution < -0.4 is 11.1 Å². The molecular formula is C12H26N2. The summed E-state index contributed by atoms with van der Waals surface area (Å²) >= 11 is 0. The zero-order valence-electron chi connectivity index (χ0n) is 9.92. The van der Waals surface area contributed by atoms with E-state index >= 15 is 0 Å². The molecule has 0 aliphatic heterocycles. The van der Waals surface area contributed by atoms with Gasteiger partial charge in [0.1, 0.15) is 0 Å². The van der Waals surface area contributed by atoms with Crippen LogP contribution in [0, 0.1) is 5.92 Å². The summed E-state index contributed by atoms with van der Waals surface area (Å²) in [7, 11) is 0. The van der Waals surface area contributed by atoms with Crippen LogP contribution in [0.5, 0.6) is 0 Å². The van der Waals surface area contributed by atoms with Crippen LogP contribution in [-0.2, 0) is 0 Å². The predicted molar refractivity (Wildman–Crippen MR) is 62.3 cm³/mol. The van der Waals surface area contributed by atoms with Gasteiger partial charge in [0.2, 0.25) is 0 Å². The van der Waals surface area contributed by atoms with E-state index in [9.17, 15) is 0 Å². The molecule has 0 amide bonds. The Bertz CT molecular complexity index is 156. The number of nitrogens with one attached hydrogen (secondary N) is 1. The lowest BCUT2D eigenvalue weighted by atomic mass is 10.0. The third kappa shape index (κ3) is 3.97. The topological polar surface area (TPSA) is 38.0 Å². The smallest absolute Gasteiger partial charge is 0.0190 e. The van der Waals surface area contributed by atoms with Crippen molar-refractivity contribution in [2.24, 2.45) is 11.7 Å². The second-order valence-electron chi connectivity index (χ2n) is 5.12. The summed E-state index contributed by atoms with van der Waals surface area (Å²) in [5.74, 6) is 0.924. The van der Waals surface area contributed by atoms with E-state index in [1.54, 1.807) is 0 Å². The average Bonchev–Trinajstić information content (AvgIpc) is 2.31. The molecule has 0 aromatic heterocycles. The molecule has 1 aliphatic rings. The molecule has 2 heteroatoms. The number of hydrogen-bond acceptors (Lipinski definition) is 2. The molecule has 0 aromatic rings. The fourth-order valence-corrected chi connectivity index (χ4v) is 2.18. The summed E-state index contributed by atoms with van der Waals surface area (Å²) in [5.41, 5.74) is 5.86. The maximum atomic E-state index is 5.86. The highest BCUT2D eigenvalue weighted by atomic mass is 15.0. The van der Waals surface area contributed by atoms with Gasteiger partial charge in [0, 0.05) is 18.1 Å². The first-order chi connectivity index (χ1) is 6.59. The molecule has 0 heterocycles. The quantitative estimate of drug-likeness (QED) is 0.683. The number of nitrogens with two attached hydrogens (primary N) is 1. The summed E-state index contributed by atoms with van der Waals surface area (Å²) in [6.07, 6.45) is 6.83. The molecule has 1 fully saturated rings. The Morgan fingerprint density at radius 2 is 1.86 bits per heavy atom. The number of hydrogen-bond donors (Lipinski definition) is 2. The van der Waals surface area contributed by atoms with E-state index in [0.29, 0.717) is 12.1 Å². The third-order valence-corrected chi connectivity index (χ3v) is 3.54. The van der Waals surface area contributed by atoms with E-state index in [1.807, 2.05) is 0 Å². The minimum Gasteiger partial charge on any atom is -0.327 e. The molecule has 0 saturated heterocycles. The minimum atomic E-state index is 0.260. The summed E-state index contributed by atoms with van der Waals surface area (Å²) in [4.78, 5) is 0. The van der Waals surface area contributed by atoms with Gasteiger partial charge in [-0.25, -0.2) is 0 Å². The van der Waals surface area contributed by atoms with Crippen LogP contribution in [0.25, 0.3) is 0 Å². The van der Waals surface area contributed by atoms with E-state index in [-0.39, 0.29) is 6.04 Å². The van der Waals surface area contributed by atoms with Crippen molar-refractivity contribution in [2.45, 2.75) is 71.0 Å². The standard InChI is InChI=1S/C12H26N2/c1-9-5-4-6-12(8-7-9)14-11(3)10(2)13/h9-12,14H,4-8,13H2,1-3H3. The van der Waals surface area contributed by atoms with Crippen LogP contribution in [0.1, 0.15) is 52.9 Å². The first-order valence-electron chi connectivity index (χ1n) is 6.11. The molecule has 0 bridgehead atoms. The summed E-state index contributed by atoms with van der Waals surface area (Å²) < 4.78 is 0. The summed E-state index contributed by atoms with van der Waals surface area (Å²) in [5, 5.41) is 3.65. The Kier molecular flexibility index (Phi) is 4.90. The molecule has 84 valence electrons. The molecule has 4 unspecified atom stereocenters. The zero-order chi connectivity index (χ0) is 10.6. The summed E-state index contributed by atoms with van der Waals surface area (Å²) in [6, 6.07) is 1.42. The van der Waals surface area contributed by atoms with Crippen molar-refractivity contribution in [3.63, 3.8) is 0 Å². The molecule has 0 radical (unpaired) electrons. The molecule has 0 aromatic carbocycles. The largest absolute Gasteiger partial charge is 0.327 e. The summed E-state index contributed by atoms with van der Waals surface area (Å²) in [6.45, 7) is 6.65. The Balaban J connectivity index is 2.30. The van der Waals surface area contributed by atoms with Gasteiger partial charge in [-0.3, -0.25) is 0 Å².